The topological polar surface area (TPSA) is 23.8 Å². The van der Waals surface area contributed by atoms with E-state index >= 15 is 0 Å². The quantitative estimate of drug-likeness (QED) is 0.474. The maximum absolute atomic E-state index is 14.3. The standard InChI is InChI=1S/C24H33F2N/c1-2-3-4-5-17-6-8-18(9-7-17)19-10-12-20(13-11-19)22-15-14-21(16-27)23(25)24(22)26/h14-15,17-20H,2-13H2,1H3. The molecule has 0 bridgehead atoms. The number of halogens is 2. The Morgan fingerprint density at radius 3 is 2.11 bits per heavy atom. The van der Waals surface area contributed by atoms with Gasteiger partial charge in [-0.05, 0) is 73.8 Å². The minimum Gasteiger partial charge on any atom is -0.203 e. The highest BCUT2D eigenvalue weighted by molar-refractivity contribution is 5.36. The van der Waals surface area contributed by atoms with Crippen molar-refractivity contribution in [3.63, 3.8) is 0 Å². The normalized spacial score (nSPS) is 28.7. The van der Waals surface area contributed by atoms with Gasteiger partial charge < -0.3 is 0 Å². The van der Waals surface area contributed by atoms with Crippen molar-refractivity contribution in [2.24, 2.45) is 17.8 Å². The number of nitrogens with zero attached hydrogens (tertiary/aromatic N) is 1. The van der Waals surface area contributed by atoms with Crippen LogP contribution in [0.5, 0.6) is 0 Å². The van der Waals surface area contributed by atoms with Crippen molar-refractivity contribution in [3.8, 4) is 6.07 Å². The van der Waals surface area contributed by atoms with Crippen LogP contribution in [-0.2, 0) is 0 Å². The van der Waals surface area contributed by atoms with Crippen molar-refractivity contribution in [3.05, 3.63) is 34.9 Å². The molecule has 2 fully saturated rings. The van der Waals surface area contributed by atoms with E-state index in [9.17, 15) is 8.78 Å². The summed E-state index contributed by atoms with van der Waals surface area (Å²) in [6, 6.07) is 4.78. The van der Waals surface area contributed by atoms with Crippen LogP contribution < -0.4 is 0 Å². The lowest BCUT2D eigenvalue weighted by Crippen LogP contribution is -2.25. The van der Waals surface area contributed by atoms with Crippen LogP contribution in [0.4, 0.5) is 8.78 Å². The van der Waals surface area contributed by atoms with Crippen LogP contribution in [0.25, 0.3) is 0 Å². The Morgan fingerprint density at radius 1 is 0.889 bits per heavy atom. The molecule has 1 aromatic rings. The number of nitriles is 1. The van der Waals surface area contributed by atoms with Gasteiger partial charge in [-0.15, -0.1) is 0 Å². The molecule has 3 heteroatoms. The lowest BCUT2D eigenvalue weighted by Gasteiger charge is -2.38. The number of benzene rings is 1. The summed E-state index contributed by atoms with van der Waals surface area (Å²) in [7, 11) is 0. The zero-order valence-electron chi connectivity index (χ0n) is 16.7. The first kappa shape index (κ1) is 20.3. The average molecular weight is 374 g/mol. The molecule has 0 N–H and O–H groups in total. The molecule has 2 saturated carbocycles. The first-order valence-electron chi connectivity index (χ1n) is 11.0. The lowest BCUT2D eigenvalue weighted by molar-refractivity contribution is 0.155. The third-order valence-electron chi connectivity index (χ3n) is 7.22. The number of hydrogen-bond acceptors (Lipinski definition) is 1. The monoisotopic (exact) mass is 373 g/mol. The minimum absolute atomic E-state index is 0.105. The summed E-state index contributed by atoms with van der Waals surface area (Å²) in [5, 5.41) is 8.85. The second-order valence-electron chi connectivity index (χ2n) is 8.83. The Morgan fingerprint density at radius 2 is 1.52 bits per heavy atom. The highest BCUT2D eigenvalue weighted by atomic mass is 19.2. The molecule has 0 unspecified atom stereocenters. The van der Waals surface area contributed by atoms with Gasteiger partial charge in [0.25, 0.3) is 0 Å². The highest BCUT2D eigenvalue weighted by Gasteiger charge is 2.32. The van der Waals surface area contributed by atoms with Gasteiger partial charge >= 0.3 is 0 Å². The summed E-state index contributed by atoms with van der Waals surface area (Å²) >= 11 is 0. The fraction of sp³-hybridized carbons (Fsp3) is 0.708. The van der Waals surface area contributed by atoms with Crippen LogP contribution in [0.3, 0.4) is 0 Å². The van der Waals surface area contributed by atoms with Gasteiger partial charge in [0, 0.05) is 0 Å². The van der Waals surface area contributed by atoms with Crippen molar-refractivity contribution >= 4 is 0 Å². The molecule has 2 aliphatic rings. The fourth-order valence-corrected chi connectivity index (χ4v) is 5.50. The Balaban J connectivity index is 1.49. The van der Waals surface area contributed by atoms with Crippen LogP contribution in [0, 0.1) is 40.7 Å². The molecule has 0 spiro atoms. The van der Waals surface area contributed by atoms with Gasteiger partial charge in [-0.1, -0.05) is 51.5 Å². The molecule has 27 heavy (non-hydrogen) atoms. The van der Waals surface area contributed by atoms with Gasteiger partial charge in [-0.3, -0.25) is 0 Å². The third-order valence-corrected chi connectivity index (χ3v) is 7.22. The van der Waals surface area contributed by atoms with Crippen molar-refractivity contribution < 1.29 is 8.78 Å². The second kappa shape index (κ2) is 9.67. The van der Waals surface area contributed by atoms with E-state index in [1.807, 2.05) is 0 Å². The summed E-state index contributed by atoms with van der Waals surface area (Å²) in [5.41, 5.74) is 0.283. The molecule has 0 aromatic heterocycles. The van der Waals surface area contributed by atoms with E-state index in [2.05, 4.69) is 6.92 Å². The van der Waals surface area contributed by atoms with Crippen LogP contribution in [0.2, 0.25) is 0 Å². The van der Waals surface area contributed by atoms with Crippen molar-refractivity contribution in [1.82, 2.24) is 0 Å². The van der Waals surface area contributed by atoms with Gasteiger partial charge in [-0.25, -0.2) is 8.78 Å². The third kappa shape index (κ3) is 4.89. The molecule has 0 amide bonds. The van der Waals surface area contributed by atoms with E-state index in [4.69, 9.17) is 5.26 Å². The van der Waals surface area contributed by atoms with Crippen molar-refractivity contribution in [1.29, 1.82) is 5.26 Å². The van der Waals surface area contributed by atoms with Gasteiger partial charge in [-0.2, -0.15) is 5.26 Å². The zero-order chi connectivity index (χ0) is 19.2. The Labute approximate surface area is 163 Å². The van der Waals surface area contributed by atoms with Crippen LogP contribution in [0.1, 0.15) is 101 Å². The van der Waals surface area contributed by atoms with Crippen LogP contribution in [0.15, 0.2) is 12.1 Å². The largest absolute Gasteiger partial charge is 0.203 e. The molecule has 3 rings (SSSR count). The predicted molar refractivity (Wildman–Crippen MR) is 105 cm³/mol. The molecular weight excluding hydrogens is 340 g/mol. The molecule has 0 atom stereocenters. The van der Waals surface area contributed by atoms with Gasteiger partial charge in [0.05, 0.1) is 5.56 Å². The Bertz CT molecular complexity index is 647. The molecule has 1 nitrogen and oxygen atoms in total. The number of hydrogen-bond donors (Lipinski definition) is 0. The summed E-state index contributed by atoms with van der Waals surface area (Å²) < 4.78 is 28.3. The van der Waals surface area contributed by atoms with Gasteiger partial charge in [0.15, 0.2) is 11.6 Å². The van der Waals surface area contributed by atoms with Gasteiger partial charge in [0.2, 0.25) is 0 Å². The molecule has 0 radical (unpaired) electrons. The van der Waals surface area contributed by atoms with E-state index in [0.29, 0.717) is 5.56 Å². The first-order chi connectivity index (χ1) is 13.1. The van der Waals surface area contributed by atoms with E-state index in [-0.39, 0.29) is 11.5 Å². The summed E-state index contributed by atoms with van der Waals surface area (Å²) in [4.78, 5) is 0. The minimum atomic E-state index is -0.974. The Kier molecular flexibility index (Phi) is 7.27. The SMILES string of the molecule is CCCCCC1CCC(C2CCC(c3ccc(C#N)c(F)c3F)CC2)CC1. The Hall–Kier alpha value is -1.43. The average Bonchev–Trinajstić information content (AvgIpc) is 2.71. The van der Waals surface area contributed by atoms with Crippen LogP contribution in [-0.4, -0.2) is 0 Å². The number of rotatable bonds is 6. The summed E-state index contributed by atoms with van der Waals surface area (Å²) in [6.45, 7) is 2.27. The maximum Gasteiger partial charge on any atom is 0.176 e. The molecule has 2 aliphatic carbocycles. The van der Waals surface area contributed by atoms with E-state index in [1.165, 1.54) is 57.4 Å². The maximum atomic E-state index is 14.3. The highest BCUT2D eigenvalue weighted by Crippen LogP contribution is 2.45. The smallest absolute Gasteiger partial charge is 0.176 e. The second-order valence-corrected chi connectivity index (χ2v) is 8.83. The predicted octanol–water partition coefficient (Wildman–Crippen LogP) is 7.50. The first-order valence-corrected chi connectivity index (χ1v) is 11.0. The lowest BCUT2D eigenvalue weighted by atomic mass is 9.68. The molecule has 1 aromatic carbocycles. The number of unbranched alkanes of at least 4 members (excludes halogenated alkanes) is 2. The molecule has 0 aliphatic heterocycles. The van der Waals surface area contributed by atoms with Crippen molar-refractivity contribution in [2.75, 3.05) is 0 Å². The van der Waals surface area contributed by atoms with E-state index < -0.39 is 11.6 Å². The van der Waals surface area contributed by atoms with Gasteiger partial charge in [0.1, 0.15) is 6.07 Å². The summed E-state index contributed by atoms with van der Waals surface area (Å²) in [6.07, 6.45) is 15.2. The molecule has 0 heterocycles. The summed E-state index contributed by atoms with van der Waals surface area (Å²) in [5.74, 6) is 0.886. The molecule has 0 saturated heterocycles. The fourth-order valence-electron chi connectivity index (χ4n) is 5.50. The van der Waals surface area contributed by atoms with Crippen molar-refractivity contribution in [2.45, 2.75) is 89.9 Å². The van der Waals surface area contributed by atoms with E-state index in [0.717, 1.165) is 43.4 Å². The zero-order valence-corrected chi connectivity index (χ0v) is 16.7. The molecular formula is C24H33F2N. The van der Waals surface area contributed by atoms with Crippen LogP contribution >= 0.6 is 0 Å². The van der Waals surface area contributed by atoms with E-state index in [1.54, 1.807) is 12.1 Å². The molecule has 148 valence electrons.